The van der Waals surface area contributed by atoms with Crippen LogP contribution in [0, 0.1) is 0 Å². The fourth-order valence-corrected chi connectivity index (χ4v) is 3.66. The third-order valence-electron chi connectivity index (χ3n) is 5.15. The molecule has 2 N–H and O–H groups in total. The summed E-state index contributed by atoms with van der Waals surface area (Å²) in [4.78, 5) is 28.7. The van der Waals surface area contributed by atoms with Crippen molar-refractivity contribution in [1.82, 2.24) is 15.1 Å². The Kier molecular flexibility index (Phi) is 5.04. The minimum Gasteiger partial charge on any atom is -0.387 e. The number of nitrogens with one attached hydrogen (secondary N) is 2. The first-order chi connectivity index (χ1) is 11.6. The molecular weight excluding hydrogens is 304 g/mol. The molecule has 24 heavy (non-hydrogen) atoms. The molecule has 1 unspecified atom stereocenters. The number of hydrogen-bond acceptors (Lipinski definition) is 4. The number of amides is 2. The molecule has 0 saturated carbocycles. The molecular formula is C18H26N4O2. The van der Waals surface area contributed by atoms with Crippen molar-refractivity contribution < 1.29 is 9.59 Å². The van der Waals surface area contributed by atoms with Gasteiger partial charge in [0, 0.05) is 45.5 Å². The van der Waals surface area contributed by atoms with Gasteiger partial charge in [-0.3, -0.25) is 14.5 Å². The summed E-state index contributed by atoms with van der Waals surface area (Å²) in [6.45, 7) is 2.58. The summed E-state index contributed by atoms with van der Waals surface area (Å²) in [6.07, 6.45) is 2.70. The number of carbonyl (C=O) groups is 2. The highest BCUT2D eigenvalue weighted by atomic mass is 16.2. The topological polar surface area (TPSA) is 64.7 Å². The average molecular weight is 330 g/mol. The van der Waals surface area contributed by atoms with Gasteiger partial charge in [0.2, 0.25) is 5.91 Å². The first-order valence-electron chi connectivity index (χ1n) is 8.67. The summed E-state index contributed by atoms with van der Waals surface area (Å²) in [7, 11) is 3.69. The molecule has 0 bridgehead atoms. The standard InChI is InChI=1S/C18H26N4O2/c1-19-15-6-4-3-5-14(15)17(23)20-13-7-11-22(12-8-13)16-9-10-21(2)18(16)24/h3-6,13,16,19H,7-12H2,1-2H3,(H,20,23). The van der Waals surface area contributed by atoms with Gasteiger partial charge in [0.1, 0.15) is 0 Å². The first-order valence-corrected chi connectivity index (χ1v) is 8.67. The maximum Gasteiger partial charge on any atom is 0.253 e. The number of nitrogens with zero attached hydrogens (tertiary/aromatic N) is 2. The lowest BCUT2D eigenvalue weighted by Crippen LogP contribution is -2.50. The van der Waals surface area contributed by atoms with Gasteiger partial charge in [-0.25, -0.2) is 0 Å². The second kappa shape index (κ2) is 7.21. The Balaban J connectivity index is 1.54. The number of likely N-dealkylation sites (tertiary alicyclic amines) is 2. The largest absolute Gasteiger partial charge is 0.387 e. The summed E-state index contributed by atoms with van der Waals surface area (Å²) in [5, 5.41) is 6.20. The van der Waals surface area contributed by atoms with Crippen LogP contribution in [0.2, 0.25) is 0 Å². The van der Waals surface area contributed by atoms with Crippen molar-refractivity contribution in [3.63, 3.8) is 0 Å². The lowest BCUT2D eigenvalue weighted by molar-refractivity contribution is -0.131. The summed E-state index contributed by atoms with van der Waals surface area (Å²) in [5.41, 5.74) is 1.52. The van der Waals surface area contributed by atoms with Crippen molar-refractivity contribution in [1.29, 1.82) is 0 Å². The van der Waals surface area contributed by atoms with Crippen LogP contribution in [0.4, 0.5) is 5.69 Å². The number of hydrogen-bond donors (Lipinski definition) is 2. The normalized spacial score (nSPS) is 22.7. The number of piperidine rings is 1. The zero-order valence-corrected chi connectivity index (χ0v) is 14.4. The molecule has 2 saturated heterocycles. The Hall–Kier alpha value is -2.08. The summed E-state index contributed by atoms with van der Waals surface area (Å²) >= 11 is 0. The molecule has 130 valence electrons. The Morgan fingerprint density at radius 2 is 1.83 bits per heavy atom. The van der Waals surface area contributed by atoms with Crippen molar-refractivity contribution in [2.75, 3.05) is 39.0 Å². The van der Waals surface area contributed by atoms with Gasteiger partial charge in [-0.1, -0.05) is 12.1 Å². The second-order valence-electron chi connectivity index (χ2n) is 6.64. The Labute approximate surface area is 143 Å². The van der Waals surface area contributed by atoms with Crippen molar-refractivity contribution in [3.8, 4) is 0 Å². The van der Waals surface area contributed by atoms with E-state index < -0.39 is 0 Å². The zero-order valence-electron chi connectivity index (χ0n) is 14.4. The zero-order chi connectivity index (χ0) is 17.1. The van der Waals surface area contributed by atoms with Crippen molar-refractivity contribution in [2.24, 2.45) is 0 Å². The number of para-hydroxylation sites is 1. The highest BCUT2D eigenvalue weighted by Crippen LogP contribution is 2.21. The number of likely N-dealkylation sites (N-methyl/N-ethyl adjacent to an activating group) is 1. The van der Waals surface area contributed by atoms with Crippen LogP contribution in [0.3, 0.4) is 0 Å². The van der Waals surface area contributed by atoms with E-state index in [-0.39, 0.29) is 23.9 Å². The highest BCUT2D eigenvalue weighted by Gasteiger charge is 2.35. The lowest BCUT2D eigenvalue weighted by atomic mass is 10.0. The molecule has 2 aliphatic heterocycles. The van der Waals surface area contributed by atoms with Crippen molar-refractivity contribution in [2.45, 2.75) is 31.3 Å². The van der Waals surface area contributed by atoms with Crippen LogP contribution in [0.15, 0.2) is 24.3 Å². The number of anilines is 1. The Bertz CT molecular complexity index is 611. The van der Waals surface area contributed by atoms with Gasteiger partial charge >= 0.3 is 0 Å². The van der Waals surface area contributed by atoms with Crippen LogP contribution in [0.25, 0.3) is 0 Å². The number of carbonyl (C=O) groups excluding carboxylic acids is 2. The predicted molar refractivity (Wildman–Crippen MR) is 94.1 cm³/mol. The minimum absolute atomic E-state index is 0.0323. The van der Waals surface area contributed by atoms with Crippen LogP contribution in [0.1, 0.15) is 29.6 Å². The van der Waals surface area contributed by atoms with E-state index in [4.69, 9.17) is 0 Å². The van der Waals surface area contributed by atoms with Gasteiger partial charge in [0.15, 0.2) is 0 Å². The third-order valence-corrected chi connectivity index (χ3v) is 5.15. The molecule has 0 aromatic heterocycles. The van der Waals surface area contributed by atoms with Gasteiger partial charge in [-0.05, 0) is 31.4 Å². The molecule has 0 radical (unpaired) electrons. The first kappa shape index (κ1) is 16.8. The van der Waals surface area contributed by atoms with E-state index in [1.807, 2.05) is 43.3 Å². The monoisotopic (exact) mass is 330 g/mol. The molecule has 2 fully saturated rings. The molecule has 1 atom stereocenters. The van der Waals surface area contributed by atoms with Crippen LogP contribution >= 0.6 is 0 Å². The van der Waals surface area contributed by atoms with E-state index in [0.29, 0.717) is 5.56 Å². The molecule has 2 aliphatic rings. The van der Waals surface area contributed by atoms with Crippen molar-refractivity contribution in [3.05, 3.63) is 29.8 Å². The smallest absolute Gasteiger partial charge is 0.253 e. The van der Waals surface area contributed by atoms with Crippen LogP contribution in [-0.2, 0) is 4.79 Å². The third kappa shape index (κ3) is 3.38. The van der Waals surface area contributed by atoms with Gasteiger partial charge in [0.25, 0.3) is 5.91 Å². The molecule has 6 nitrogen and oxygen atoms in total. The molecule has 0 spiro atoms. The Morgan fingerprint density at radius 1 is 1.12 bits per heavy atom. The van der Waals surface area contributed by atoms with Gasteiger partial charge < -0.3 is 15.5 Å². The number of rotatable bonds is 4. The average Bonchev–Trinajstić information content (AvgIpc) is 2.95. The van der Waals surface area contributed by atoms with Gasteiger partial charge in [0.05, 0.1) is 11.6 Å². The Morgan fingerprint density at radius 3 is 2.46 bits per heavy atom. The lowest BCUT2D eigenvalue weighted by Gasteiger charge is -2.35. The molecule has 1 aromatic rings. The quantitative estimate of drug-likeness (QED) is 0.869. The summed E-state index contributed by atoms with van der Waals surface area (Å²) < 4.78 is 0. The van der Waals surface area contributed by atoms with Crippen LogP contribution < -0.4 is 10.6 Å². The van der Waals surface area contributed by atoms with E-state index in [1.165, 1.54) is 0 Å². The SMILES string of the molecule is CNc1ccccc1C(=O)NC1CCN(C2CCN(C)C2=O)CC1. The maximum atomic E-state index is 12.5. The van der Waals surface area contributed by atoms with Gasteiger partial charge in [-0.2, -0.15) is 0 Å². The van der Waals surface area contributed by atoms with E-state index >= 15 is 0 Å². The van der Waals surface area contributed by atoms with Gasteiger partial charge in [-0.15, -0.1) is 0 Å². The highest BCUT2D eigenvalue weighted by molar-refractivity contribution is 5.99. The molecule has 3 rings (SSSR count). The van der Waals surface area contributed by atoms with E-state index in [1.54, 1.807) is 0 Å². The van der Waals surface area contributed by atoms with Crippen molar-refractivity contribution >= 4 is 17.5 Å². The molecule has 2 heterocycles. The second-order valence-corrected chi connectivity index (χ2v) is 6.64. The minimum atomic E-state index is -0.0323. The molecule has 0 aliphatic carbocycles. The fourth-order valence-electron chi connectivity index (χ4n) is 3.66. The fraction of sp³-hybridized carbons (Fsp3) is 0.556. The molecule has 1 aromatic carbocycles. The summed E-state index contributed by atoms with van der Waals surface area (Å²) in [5.74, 6) is 0.204. The molecule has 2 amide bonds. The number of benzene rings is 1. The van der Waals surface area contributed by atoms with E-state index in [2.05, 4.69) is 15.5 Å². The molecule has 6 heteroatoms. The predicted octanol–water partition coefficient (Wildman–Crippen LogP) is 1.15. The van der Waals surface area contributed by atoms with Crippen LogP contribution in [0.5, 0.6) is 0 Å². The van der Waals surface area contributed by atoms with Crippen LogP contribution in [-0.4, -0.2) is 67.4 Å². The van der Waals surface area contributed by atoms with E-state index in [0.717, 1.165) is 44.6 Å². The maximum absolute atomic E-state index is 12.5. The summed E-state index contributed by atoms with van der Waals surface area (Å²) in [6, 6.07) is 7.74. The van der Waals surface area contributed by atoms with E-state index in [9.17, 15) is 9.59 Å².